The molecule has 0 atom stereocenters. The predicted molar refractivity (Wildman–Crippen MR) is 103 cm³/mol. The fourth-order valence-electron chi connectivity index (χ4n) is 3.98. The fraction of sp³-hybridized carbons (Fsp3) is 0.571. The van der Waals surface area contributed by atoms with Crippen molar-refractivity contribution in [3.8, 4) is 0 Å². The molecule has 0 bridgehead atoms. The van der Waals surface area contributed by atoms with Gasteiger partial charge in [0.25, 0.3) is 0 Å². The van der Waals surface area contributed by atoms with Crippen LogP contribution in [0.25, 0.3) is 0 Å². The molecule has 2 fully saturated rings. The van der Waals surface area contributed by atoms with Gasteiger partial charge in [-0.05, 0) is 55.5 Å². The summed E-state index contributed by atoms with van der Waals surface area (Å²) in [5.74, 6) is -0.173. The second-order valence-electron chi connectivity index (χ2n) is 7.50. The first-order valence-electron chi connectivity index (χ1n) is 9.82. The molecule has 2 saturated heterocycles. The van der Waals surface area contributed by atoms with Crippen LogP contribution in [0, 0.1) is 6.42 Å². The molecule has 26 heavy (non-hydrogen) atoms. The normalized spacial score (nSPS) is 18.6. The SMILES string of the molecule is CCc1cc(C[CH]C(=O)N2CC(N3CCCCC3)C2)ccc1CC(N)=O. The van der Waals surface area contributed by atoms with E-state index in [2.05, 4.69) is 17.9 Å². The number of carbonyl (C=O) groups is 2. The lowest BCUT2D eigenvalue weighted by Gasteiger charge is -2.46. The molecule has 0 aliphatic carbocycles. The Kier molecular flexibility index (Phi) is 6.30. The molecule has 1 aromatic rings. The van der Waals surface area contributed by atoms with Gasteiger partial charge >= 0.3 is 0 Å². The van der Waals surface area contributed by atoms with Gasteiger partial charge in [0.05, 0.1) is 12.8 Å². The molecule has 0 aromatic heterocycles. The molecule has 2 aliphatic rings. The Bertz CT molecular complexity index is 647. The van der Waals surface area contributed by atoms with E-state index < -0.39 is 0 Å². The van der Waals surface area contributed by atoms with E-state index in [1.807, 2.05) is 17.0 Å². The van der Waals surface area contributed by atoms with Crippen LogP contribution in [0.2, 0.25) is 0 Å². The monoisotopic (exact) mass is 356 g/mol. The summed E-state index contributed by atoms with van der Waals surface area (Å²) in [5, 5.41) is 0. The van der Waals surface area contributed by atoms with Crippen LogP contribution in [0.15, 0.2) is 18.2 Å². The number of aryl methyl sites for hydroxylation is 1. The van der Waals surface area contributed by atoms with Crippen molar-refractivity contribution >= 4 is 11.8 Å². The quantitative estimate of drug-likeness (QED) is 0.809. The lowest BCUT2D eigenvalue weighted by molar-refractivity contribution is -0.135. The Balaban J connectivity index is 1.47. The number of hydrogen-bond acceptors (Lipinski definition) is 3. The van der Waals surface area contributed by atoms with Crippen molar-refractivity contribution in [3.05, 3.63) is 41.3 Å². The number of rotatable bonds is 7. The van der Waals surface area contributed by atoms with Gasteiger partial charge in [-0.3, -0.25) is 14.5 Å². The number of nitrogens with two attached hydrogens (primary N) is 1. The minimum atomic E-state index is -0.310. The maximum absolute atomic E-state index is 12.4. The number of amides is 2. The second-order valence-corrected chi connectivity index (χ2v) is 7.50. The Labute approximate surface area is 156 Å². The maximum atomic E-state index is 12.4. The van der Waals surface area contributed by atoms with Crippen LogP contribution in [-0.4, -0.2) is 53.8 Å². The molecule has 1 aromatic carbocycles. The molecule has 0 unspecified atom stereocenters. The van der Waals surface area contributed by atoms with E-state index in [0.717, 1.165) is 36.2 Å². The molecule has 141 valence electrons. The predicted octanol–water partition coefficient (Wildman–Crippen LogP) is 1.72. The molecule has 0 saturated carbocycles. The van der Waals surface area contributed by atoms with Crippen LogP contribution in [0.1, 0.15) is 42.9 Å². The van der Waals surface area contributed by atoms with Crippen molar-refractivity contribution in [2.75, 3.05) is 26.2 Å². The summed E-state index contributed by atoms with van der Waals surface area (Å²) >= 11 is 0. The lowest BCUT2D eigenvalue weighted by atomic mass is 9.97. The van der Waals surface area contributed by atoms with E-state index in [0.29, 0.717) is 12.5 Å². The Morgan fingerprint density at radius 3 is 2.54 bits per heavy atom. The van der Waals surface area contributed by atoms with Gasteiger partial charge in [0.15, 0.2) is 0 Å². The minimum absolute atomic E-state index is 0.137. The highest BCUT2D eigenvalue weighted by molar-refractivity contribution is 5.86. The number of benzene rings is 1. The molecule has 2 N–H and O–H groups in total. The van der Waals surface area contributed by atoms with Crippen LogP contribution in [0.5, 0.6) is 0 Å². The van der Waals surface area contributed by atoms with E-state index in [1.165, 1.54) is 32.4 Å². The van der Waals surface area contributed by atoms with Gasteiger partial charge in [-0.25, -0.2) is 0 Å². The largest absolute Gasteiger partial charge is 0.369 e. The third-order valence-electron chi connectivity index (χ3n) is 5.61. The van der Waals surface area contributed by atoms with Gasteiger partial charge < -0.3 is 10.6 Å². The first kappa shape index (κ1) is 18.9. The average molecular weight is 356 g/mol. The molecule has 5 nitrogen and oxygen atoms in total. The molecular formula is C21H30N3O2. The number of nitrogens with zero attached hydrogens (tertiary/aromatic N) is 2. The van der Waals surface area contributed by atoms with Crippen molar-refractivity contribution in [3.63, 3.8) is 0 Å². The van der Waals surface area contributed by atoms with Gasteiger partial charge in [0.1, 0.15) is 0 Å². The number of piperidine rings is 1. The van der Waals surface area contributed by atoms with Crippen molar-refractivity contribution in [2.45, 2.75) is 51.5 Å². The van der Waals surface area contributed by atoms with E-state index in [9.17, 15) is 9.59 Å². The summed E-state index contributed by atoms with van der Waals surface area (Å²) in [7, 11) is 0. The zero-order valence-electron chi connectivity index (χ0n) is 15.7. The molecule has 2 aliphatic heterocycles. The van der Waals surface area contributed by atoms with Gasteiger partial charge in [-0.15, -0.1) is 0 Å². The number of carbonyl (C=O) groups excluding carboxylic acids is 2. The smallest absolute Gasteiger partial charge is 0.226 e. The summed E-state index contributed by atoms with van der Waals surface area (Å²) in [6.45, 7) is 6.18. The van der Waals surface area contributed by atoms with Crippen LogP contribution in [0.3, 0.4) is 0 Å². The first-order chi connectivity index (χ1) is 12.6. The fourth-order valence-corrected chi connectivity index (χ4v) is 3.98. The molecular weight excluding hydrogens is 326 g/mol. The van der Waals surface area contributed by atoms with E-state index in [4.69, 9.17) is 5.73 Å². The minimum Gasteiger partial charge on any atom is -0.369 e. The number of hydrogen-bond donors (Lipinski definition) is 1. The lowest BCUT2D eigenvalue weighted by Crippen LogP contribution is -2.61. The zero-order valence-corrected chi connectivity index (χ0v) is 15.7. The molecule has 0 spiro atoms. The third-order valence-corrected chi connectivity index (χ3v) is 5.61. The van der Waals surface area contributed by atoms with Crippen LogP contribution >= 0.6 is 0 Å². The highest BCUT2D eigenvalue weighted by Crippen LogP contribution is 2.21. The van der Waals surface area contributed by atoms with Crippen molar-refractivity contribution in [1.29, 1.82) is 0 Å². The highest BCUT2D eigenvalue weighted by Gasteiger charge is 2.34. The summed E-state index contributed by atoms with van der Waals surface area (Å²) in [6.07, 6.45) is 7.48. The summed E-state index contributed by atoms with van der Waals surface area (Å²) in [6, 6.07) is 6.61. The Morgan fingerprint density at radius 1 is 1.15 bits per heavy atom. The molecule has 3 rings (SSSR count). The average Bonchev–Trinajstić information content (AvgIpc) is 2.60. The summed E-state index contributed by atoms with van der Waals surface area (Å²) in [4.78, 5) is 28.0. The van der Waals surface area contributed by atoms with Gasteiger partial charge in [0, 0.05) is 19.1 Å². The Morgan fingerprint density at radius 2 is 1.88 bits per heavy atom. The molecule has 5 heteroatoms. The van der Waals surface area contributed by atoms with Gasteiger partial charge in [-0.2, -0.15) is 0 Å². The zero-order chi connectivity index (χ0) is 18.5. The third kappa shape index (κ3) is 4.64. The second kappa shape index (κ2) is 8.67. The molecule has 2 amide bonds. The van der Waals surface area contributed by atoms with Gasteiger partial charge in [0.2, 0.25) is 11.8 Å². The van der Waals surface area contributed by atoms with Crippen molar-refractivity contribution in [1.82, 2.24) is 9.80 Å². The first-order valence-corrected chi connectivity index (χ1v) is 9.82. The number of primary amides is 1. The molecule has 2 heterocycles. The summed E-state index contributed by atoms with van der Waals surface area (Å²) < 4.78 is 0. The number of likely N-dealkylation sites (tertiary alicyclic amines) is 2. The van der Waals surface area contributed by atoms with E-state index in [-0.39, 0.29) is 18.2 Å². The highest BCUT2D eigenvalue weighted by atomic mass is 16.2. The standard InChI is InChI=1S/C21H30N3O2/c1-2-17-12-16(6-8-18(17)13-20(22)25)7-9-21(26)24-14-19(15-24)23-10-4-3-5-11-23/h6,8-9,12,19H,2-5,7,10-11,13-15H2,1H3,(H2,22,25). The van der Waals surface area contributed by atoms with E-state index >= 15 is 0 Å². The van der Waals surface area contributed by atoms with Crippen LogP contribution in [-0.2, 0) is 28.9 Å². The Hall–Kier alpha value is -1.88. The van der Waals surface area contributed by atoms with E-state index in [1.54, 1.807) is 6.42 Å². The van der Waals surface area contributed by atoms with Crippen molar-refractivity contribution in [2.24, 2.45) is 5.73 Å². The van der Waals surface area contributed by atoms with Crippen LogP contribution in [0.4, 0.5) is 0 Å². The maximum Gasteiger partial charge on any atom is 0.226 e. The topological polar surface area (TPSA) is 66.6 Å². The molecule has 1 radical (unpaired) electrons. The summed E-state index contributed by atoms with van der Waals surface area (Å²) in [5.41, 5.74) is 8.54. The van der Waals surface area contributed by atoms with Crippen LogP contribution < -0.4 is 5.73 Å². The van der Waals surface area contributed by atoms with Gasteiger partial charge in [-0.1, -0.05) is 31.5 Å². The van der Waals surface area contributed by atoms with Crippen molar-refractivity contribution < 1.29 is 9.59 Å².